The summed E-state index contributed by atoms with van der Waals surface area (Å²) in [5, 5.41) is 0.591. The van der Waals surface area contributed by atoms with Crippen LogP contribution in [0.25, 0.3) is 22.4 Å². The fourth-order valence-corrected chi connectivity index (χ4v) is 4.18. The predicted molar refractivity (Wildman–Crippen MR) is 123 cm³/mol. The van der Waals surface area contributed by atoms with Crippen molar-refractivity contribution in [3.63, 3.8) is 0 Å². The van der Waals surface area contributed by atoms with Gasteiger partial charge in [0.05, 0.1) is 0 Å². The number of hydrogen-bond acceptors (Lipinski definition) is 2. The van der Waals surface area contributed by atoms with Crippen LogP contribution in [0.4, 0.5) is 0 Å². The van der Waals surface area contributed by atoms with Crippen molar-refractivity contribution in [3.8, 4) is 22.4 Å². The number of rotatable bonds is 3. The summed E-state index contributed by atoms with van der Waals surface area (Å²) in [5.74, 6) is 0.0735. The Bertz CT molecular complexity index is 1060. The smallest absolute Gasteiger partial charge is 0.253 e. The largest absolute Gasteiger partial charge is 0.361 e. The number of piperidine rings is 1. The Kier molecular flexibility index (Phi) is 5.70. The molecule has 1 amide bonds. The second-order valence-corrected chi connectivity index (χ2v) is 9.44. The zero-order valence-corrected chi connectivity index (χ0v) is 18.6. The number of nitrogens with one attached hydrogen (secondary N) is 1. The van der Waals surface area contributed by atoms with Crippen molar-refractivity contribution in [2.75, 3.05) is 13.1 Å². The van der Waals surface area contributed by atoms with Crippen LogP contribution < -0.4 is 0 Å². The Morgan fingerprint density at radius 3 is 2.50 bits per heavy atom. The van der Waals surface area contributed by atoms with Gasteiger partial charge in [-0.2, -0.15) is 0 Å². The minimum atomic E-state index is -0.00847. The van der Waals surface area contributed by atoms with E-state index in [1.165, 1.54) is 6.42 Å². The van der Waals surface area contributed by atoms with E-state index in [9.17, 15) is 4.79 Å². The Morgan fingerprint density at radius 1 is 1.03 bits per heavy atom. The lowest BCUT2D eigenvalue weighted by molar-refractivity contribution is 0.0724. The molecule has 0 atom stereocenters. The van der Waals surface area contributed by atoms with E-state index < -0.39 is 0 Å². The number of carbonyl (C=O) groups excluding carboxylic acids is 1. The molecular weight excluding hydrogens is 394 g/mol. The average molecular weight is 422 g/mol. The van der Waals surface area contributed by atoms with Crippen LogP contribution in [-0.2, 0) is 5.41 Å². The molecule has 1 aliphatic rings. The molecule has 3 heterocycles. The van der Waals surface area contributed by atoms with Crippen LogP contribution >= 0.6 is 11.6 Å². The van der Waals surface area contributed by atoms with Crippen LogP contribution in [-0.4, -0.2) is 33.9 Å². The van der Waals surface area contributed by atoms with Crippen LogP contribution in [0, 0.1) is 0 Å². The van der Waals surface area contributed by atoms with Crippen molar-refractivity contribution >= 4 is 17.5 Å². The van der Waals surface area contributed by atoms with Crippen LogP contribution in [0.15, 0.2) is 48.8 Å². The summed E-state index contributed by atoms with van der Waals surface area (Å²) in [4.78, 5) is 22.5. The lowest BCUT2D eigenvalue weighted by Gasteiger charge is -2.26. The minimum absolute atomic E-state index is 0.00847. The molecule has 0 aliphatic carbocycles. The standard InChI is InChI=1S/C25H28ClN3O/c1-25(2,3)23-15-17(9-10-27-23)22-14-19(16-28-22)20-8-7-18(13-21(20)26)24(30)29-11-5-4-6-12-29/h7-10,13-16,28H,4-6,11-12H2,1-3H3. The normalized spacial score (nSPS) is 14.7. The SMILES string of the molecule is CC(C)(C)c1cc(-c2cc(-c3ccc(C(=O)N4CCCCC4)cc3Cl)c[nH]2)ccn1. The number of likely N-dealkylation sites (tertiary alicyclic amines) is 1. The fraction of sp³-hybridized carbons (Fsp3) is 0.360. The number of halogens is 1. The second-order valence-electron chi connectivity index (χ2n) is 9.03. The molecule has 4 nitrogen and oxygen atoms in total. The predicted octanol–water partition coefficient (Wildman–Crippen LogP) is 6.32. The number of H-pyrrole nitrogens is 1. The zero-order chi connectivity index (χ0) is 21.3. The Balaban J connectivity index is 1.58. The maximum Gasteiger partial charge on any atom is 0.253 e. The maximum absolute atomic E-state index is 12.8. The number of hydrogen-bond donors (Lipinski definition) is 1. The van der Waals surface area contributed by atoms with Gasteiger partial charge in [-0.15, -0.1) is 0 Å². The summed E-state index contributed by atoms with van der Waals surface area (Å²) in [6.07, 6.45) is 7.17. The monoisotopic (exact) mass is 421 g/mol. The van der Waals surface area contributed by atoms with E-state index in [1.807, 2.05) is 35.5 Å². The molecule has 0 saturated carbocycles. The lowest BCUT2D eigenvalue weighted by atomic mass is 9.90. The number of nitrogens with zero attached hydrogens (tertiary/aromatic N) is 2. The fourth-order valence-electron chi connectivity index (χ4n) is 3.89. The molecule has 3 aromatic rings. The van der Waals surface area contributed by atoms with Crippen LogP contribution in [0.1, 0.15) is 56.1 Å². The molecule has 1 fully saturated rings. The van der Waals surface area contributed by atoms with Crippen molar-refractivity contribution in [2.24, 2.45) is 0 Å². The molecule has 1 N–H and O–H groups in total. The molecule has 0 unspecified atom stereocenters. The van der Waals surface area contributed by atoms with E-state index in [1.54, 1.807) is 6.07 Å². The summed E-state index contributed by atoms with van der Waals surface area (Å²) < 4.78 is 0. The summed E-state index contributed by atoms with van der Waals surface area (Å²) in [6.45, 7) is 8.15. The van der Waals surface area contributed by atoms with Crippen molar-refractivity contribution < 1.29 is 4.79 Å². The second kappa shape index (κ2) is 8.27. The van der Waals surface area contributed by atoms with Gasteiger partial charge < -0.3 is 9.88 Å². The Morgan fingerprint density at radius 2 is 1.80 bits per heavy atom. The number of aromatic amines is 1. The highest BCUT2D eigenvalue weighted by Crippen LogP contribution is 2.33. The number of amides is 1. The first-order valence-electron chi connectivity index (χ1n) is 10.6. The molecule has 0 radical (unpaired) electrons. The first-order chi connectivity index (χ1) is 14.3. The zero-order valence-electron chi connectivity index (χ0n) is 17.8. The molecule has 2 aromatic heterocycles. The number of carbonyl (C=O) groups is 1. The third kappa shape index (κ3) is 4.29. The topological polar surface area (TPSA) is 49.0 Å². The Hall–Kier alpha value is -2.59. The van der Waals surface area contributed by atoms with Crippen LogP contribution in [0.2, 0.25) is 5.02 Å². The van der Waals surface area contributed by atoms with Gasteiger partial charge in [0.1, 0.15) is 0 Å². The van der Waals surface area contributed by atoms with Crippen molar-refractivity contribution in [1.29, 1.82) is 0 Å². The molecule has 1 aromatic carbocycles. The Labute approximate surface area is 183 Å². The van der Waals surface area contributed by atoms with Gasteiger partial charge in [-0.25, -0.2) is 0 Å². The van der Waals surface area contributed by atoms with Crippen molar-refractivity contribution in [3.05, 3.63) is 65.1 Å². The van der Waals surface area contributed by atoms with E-state index in [0.717, 1.165) is 54.0 Å². The van der Waals surface area contributed by atoms with Gasteiger partial charge >= 0.3 is 0 Å². The molecule has 1 aliphatic heterocycles. The van der Waals surface area contributed by atoms with Gasteiger partial charge in [0.15, 0.2) is 0 Å². The number of benzene rings is 1. The van der Waals surface area contributed by atoms with E-state index in [4.69, 9.17) is 11.6 Å². The first-order valence-corrected chi connectivity index (χ1v) is 11.0. The third-order valence-electron chi connectivity index (χ3n) is 5.69. The maximum atomic E-state index is 12.8. The van der Waals surface area contributed by atoms with E-state index in [0.29, 0.717) is 10.6 Å². The average Bonchev–Trinajstić information content (AvgIpc) is 3.23. The van der Waals surface area contributed by atoms with Crippen molar-refractivity contribution in [2.45, 2.75) is 45.4 Å². The van der Waals surface area contributed by atoms with Gasteiger partial charge in [-0.1, -0.05) is 38.4 Å². The van der Waals surface area contributed by atoms with Crippen LogP contribution in [0.5, 0.6) is 0 Å². The van der Waals surface area contributed by atoms with Crippen molar-refractivity contribution in [1.82, 2.24) is 14.9 Å². The summed E-state index contributed by atoms with van der Waals surface area (Å²) in [6, 6.07) is 11.8. The summed E-state index contributed by atoms with van der Waals surface area (Å²) in [7, 11) is 0. The van der Waals surface area contributed by atoms with Gasteiger partial charge in [-0.05, 0) is 49.6 Å². The molecule has 0 spiro atoms. The van der Waals surface area contributed by atoms with E-state index >= 15 is 0 Å². The molecule has 30 heavy (non-hydrogen) atoms. The highest BCUT2D eigenvalue weighted by molar-refractivity contribution is 6.33. The lowest BCUT2D eigenvalue weighted by Crippen LogP contribution is -2.35. The van der Waals surface area contributed by atoms with Gasteiger partial charge in [-0.3, -0.25) is 9.78 Å². The number of pyridine rings is 1. The highest BCUT2D eigenvalue weighted by Gasteiger charge is 2.20. The summed E-state index contributed by atoms with van der Waals surface area (Å²) >= 11 is 6.59. The minimum Gasteiger partial charge on any atom is -0.361 e. The molecule has 5 heteroatoms. The van der Waals surface area contributed by atoms with Gasteiger partial charge in [0, 0.05) is 69.6 Å². The molecule has 4 rings (SSSR count). The van der Waals surface area contributed by atoms with Gasteiger partial charge in [0.25, 0.3) is 5.91 Å². The third-order valence-corrected chi connectivity index (χ3v) is 6.01. The van der Waals surface area contributed by atoms with E-state index in [2.05, 4.69) is 42.9 Å². The van der Waals surface area contributed by atoms with Gasteiger partial charge in [0.2, 0.25) is 0 Å². The first kappa shape index (κ1) is 20.7. The molecule has 1 saturated heterocycles. The molecule has 156 valence electrons. The summed E-state index contributed by atoms with van der Waals surface area (Å²) in [5.41, 5.74) is 5.73. The van der Waals surface area contributed by atoms with E-state index in [-0.39, 0.29) is 11.3 Å². The molecular formula is C25H28ClN3O. The quantitative estimate of drug-likeness (QED) is 0.537. The highest BCUT2D eigenvalue weighted by atomic mass is 35.5. The molecule has 0 bridgehead atoms. The van der Waals surface area contributed by atoms with Crippen LogP contribution in [0.3, 0.4) is 0 Å². The number of aromatic nitrogens is 2.